The molecule has 0 saturated carbocycles. The van der Waals surface area contributed by atoms with Crippen molar-refractivity contribution in [3.63, 3.8) is 0 Å². The average molecular weight is 501 g/mol. The normalized spacial score (nSPS) is 12.4. The van der Waals surface area contributed by atoms with Crippen LogP contribution in [0.2, 0.25) is 0 Å². The van der Waals surface area contributed by atoms with Crippen LogP contribution < -0.4 is 10.1 Å². The molecule has 1 aliphatic rings. The molecular formula is C24H28N4O4S2. The lowest BCUT2D eigenvalue weighted by Crippen LogP contribution is -2.17. The number of rotatable bonds is 10. The van der Waals surface area contributed by atoms with E-state index in [-0.39, 0.29) is 17.6 Å². The molecule has 2 aromatic heterocycles. The maximum Gasteiger partial charge on any atom is 0.341 e. The number of hydrogen-bond donors (Lipinski definition) is 1. The van der Waals surface area contributed by atoms with Crippen LogP contribution in [-0.2, 0) is 28.9 Å². The van der Waals surface area contributed by atoms with Gasteiger partial charge in [-0.2, -0.15) is 0 Å². The average Bonchev–Trinajstić information content (AvgIpc) is 3.52. The topological polar surface area (TPSA) is 95.3 Å². The van der Waals surface area contributed by atoms with Crippen molar-refractivity contribution in [2.75, 3.05) is 24.3 Å². The van der Waals surface area contributed by atoms with Crippen molar-refractivity contribution in [3.8, 4) is 17.1 Å². The second kappa shape index (κ2) is 11.1. The summed E-state index contributed by atoms with van der Waals surface area (Å²) >= 11 is 2.79. The summed E-state index contributed by atoms with van der Waals surface area (Å²) in [5, 5.41) is 12.9. The van der Waals surface area contributed by atoms with Gasteiger partial charge in [0.25, 0.3) is 0 Å². The summed E-state index contributed by atoms with van der Waals surface area (Å²) in [4.78, 5) is 26.5. The molecule has 0 aliphatic heterocycles. The number of thioether (sulfide) groups is 1. The second-order valence-corrected chi connectivity index (χ2v) is 9.65. The molecule has 0 atom stereocenters. The molecule has 34 heavy (non-hydrogen) atoms. The van der Waals surface area contributed by atoms with E-state index in [1.54, 1.807) is 6.92 Å². The van der Waals surface area contributed by atoms with E-state index in [4.69, 9.17) is 9.47 Å². The van der Waals surface area contributed by atoms with E-state index in [2.05, 4.69) is 15.5 Å². The van der Waals surface area contributed by atoms with Gasteiger partial charge in [-0.15, -0.1) is 21.5 Å². The number of carbonyl (C=O) groups excluding carboxylic acids is 2. The summed E-state index contributed by atoms with van der Waals surface area (Å²) in [5.41, 5.74) is 2.40. The summed E-state index contributed by atoms with van der Waals surface area (Å²) in [7, 11) is 0. The molecule has 4 rings (SSSR count). The van der Waals surface area contributed by atoms with E-state index < -0.39 is 0 Å². The SMILES string of the molecule is CCOC(=O)c1c(NC(=O)CSc2nnc(-c3ccccc3OCC)n2CC)sc2c1CCC2. The maximum absolute atomic E-state index is 12.8. The quantitative estimate of drug-likeness (QED) is 0.315. The zero-order chi connectivity index (χ0) is 24.1. The largest absolute Gasteiger partial charge is 0.493 e. The van der Waals surface area contributed by atoms with Gasteiger partial charge >= 0.3 is 5.97 Å². The molecule has 2 heterocycles. The molecule has 1 aromatic carbocycles. The zero-order valence-corrected chi connectivity index (χ0v) is 21.2. The Morgan fingerprint density at radius 2 is 1.97 bits per heavy atom. The molecule has 180 valence electrons. The number of fused-ring (bicyclic) bond motifs is 1. The van der Waals surface area contributed by atoms with Gasteiger partial charge in [-0.05, 0) is 57.7 Å². The highest BCUT2D eigenvalue weighted by Crippen LogP contribution is 2.39. The molecule has 0 bridgehead atoms. The van der Waals surface area contributed by atoms with Crippen LogP contribution in [0.5, 0.6) is 5.75 Å². The summed E-state index contributed by atoms with van der Waals surface area (Å²) < 4.78 is 13.0. The van der Waals surface area contributed by atoms with Crippen LogP contribution >= 0.6 is 23.1 Å². The third-order valence-corrected chi connectivity index (χ3v) is 7.62. The number of para-hydroxylation sites is 1. The van der Waals surface area contributed by atoms with Crippen LogP contribution in [0, 0.1) is 0 Å². The summed E-state index contributed by atoms with van der Waals surface area (Å²) in [6, 6.07) is 7.72. The molecule has 0 unspecified atom stereocenters. The highest BCUT2D eigenvalue weighted by atomic mass is 32.2. The molecule has 0 spiro atoms. The number of carbonyl (C=O) groups is 2. The Morgan fingerprint density at radius 3 is 2.74 bits per heavy atom. The number of amides is 1. The second-order valence-electron chi connectivity index (χ2n) is 7.60. The number of thiophene rings is 1. The minimum Gasteiger partial charge on any atom is -0.493 e. The number of anilines is 1. The van der Waals surface area contributed by atoms with Gasteiger partial charge in [0.1, 0.15) is 10.8 Å². The zero-order valence-electron chi connectivity index (χ0n) is 19.6. The Kier molecular flexibility index (Phi) is 7.89. The monoisotopic (exact) mass is 500 g/mol. The fraction of sp³-hybridized carbons (Fsp3) is 0.417. The lowest BCUT2D eigenvalue weighted by atomic mass is 10.1. The molecule has 8 nitrogen and oxygen atoms in total. The van der Waals surface area contributed by atoms with Crippen molar-refractivity contribution in [2.24, 2.45) is 0 Å². The predicted octanol–water partition coefficient (Wildman–Crippen LogP) is 4.82. The van der Waals surface area contributed by atoms with Crippen LogP contribution in [0.25, 0.3) is 11.4 Å². The van der Waals surface area contributed by atoms with Crippen LogP contribution in [0.4, 0.5) is 5.00 Å². The minimum absolute atomic E-state index is 0.149. The van der Waals surface area contributed by atoms with Crippen LogP contribution in [-0.4, -0.2) is 45.6 Å². The molecule has 10 heteroatoms. The molecule has 3 aromatic rings. The first kappa shape index (κ1) is 24.3. The first-order chi connectivity index (χ1) is 16.6. The van der Waals surface area contributed by atoms with Gasteiger partial charge in [0.15, 0.2) is 11.0 Å². The minimum atomic E-state index is -0.367. The fourth-order valence-electron chi connectivity index (χ4n) is 4.02. The van der Waals surface area contributed by atoms with E-state index in [0.29, 0.717) is 41.3 Å². The van der Waals surface area contributed by atoms with Crippen molar-refractivity contribution in [1.82, 2.24) is 14.8 Å². The number of ether oxygens (including phenoxy) is 2. The van der Waals surface area contributed by atoms with Gasteiger partial charge in [-0.1, -0.05) is 23.9 Å². The predicted molar refractivity (Wildman–Crippen MR) is 134 cm³/mol. The Morgan fingerprint density at radius 1 is 1.15 bits per heavy atom. The van der Waals surface area contributed by atoms with Gasteiger partial charge in [-0.3, -0.25) is 4.79 Å². The third-order valence-electron chi connectivity index (χ3n) is 5.45. The van der Waals surface area contributed by atoms with Crippen molar-refractivity contribution in [2.45, 2.75) is 51.7 Å². The summed E-state index contributed by atoms with van der Waals surface area (Å²) in [6.45, 7) is 7.24. The fourth-order valence-corrected chi connectivity index (χ4v) is 6.11. The third kappa shape index (κ3) is 4.97. The van der Waals surface area contributed by atoms with Crippen LogP contribution in [0.15, 0.2) is 29.4 Å². The number of nitrogens with zero attached hydrogens (tertiary/aromatic N) is 3. The van der Waals surface area contributed by atoms with E-state index in [1.165, 1.54) is 23.1 Å². The molecular weight excluding hydrogens is 472 g/mol. The van der Waals surface area contributed by atoms with Gasteiger partial charge < -0.3 is 19.4 Å². The van der Waals surface area contributed by atoms with E-state index >= 15 is 0 Å². The van der Waals surface area contributed by atoms with Gasteiger partial charge in [0, 0.05) is 11.4 Å². The van der Waals surface area contributed by atoms with Gasteiger partial charge in [0.05, 0.1) is 30.1 Å². The summed E-state index contributed by atoms with van der Waals surface area (Å²) in [5.74, 6) is 1.04. The van der Waals surface area contributed by atoms with Crippen LogP contribution in [0.3, 0.4) is 0 Å². The molecule has 0 fully saturated rings. The molecule has 1 aliphatic carbocycles. The Labute approximate surface area is 207 Å². The Balaban J connectivity index is 1.48. The molecule has 0 saturated heterocycles. The number of aryl methyl sites for hydroxylation is 1. The van der Waals surface area contributed by atoms with Crippen molar-refractivity contribution >= 4 is 40.0 Å². The van der Waals surface area contributed by atoms with Crippen molar-refractivity contribution in [3.05, 3.63) is 40.3 Å². The first-order valence-electron chi connectivity index (χ1n) is 11.5. The number of esters is 1. The number of nitrogens with one attached hydrogen (secondary N) is 1. The van der Waals surface area contributed by atoms with Crippen LogP contribution in [0.1, 0.15) is 48.0 Å². The number of hydrogen-bond acceptors (Lipinski definition) is 8. The lowest BCUT2D eigenvalue weighted by Gasteiger charge is -2.11. The standard InChI is InChI=1S/C24H28N4O4S2/c1-4-28-21(15-10-7-8-12-17(15)31-5-2)26-27-24(28)33-14-19(29)25-22-20(23(30)32-6-3)16-11-9-13-18(16)34-22/h7-8,10,12H,4-6,9,11,13-14H2,1-3H3,(H,25,29). The van der Waals surface area contributed by atoms with Crippen molar-refractivity contribution in [1.29, 1.82) is 0 Å². The van der Waals surface area contributed by atoms with E-state index in [9.17, 15) is 9.59 Å². The first-order valence-corrected chi connectivity index (χ1v) is 13.3. The summed E-state index contributed by atoms with van der Waals surface area (Å²) in [6.07, 6.45) is 2.80. The van der Waals surface area contributed by atoms with Gasteiger partial charge in [0.2, 0.25) is 5.91 Å². The van der Waals surface area contributed by atoms with E-state index in [0.717, 1.165) is 41.0 Å². The number of benzene rings is 1. The van der Waals surface area contributed by atoms with Crippen molar-refractivity contribution < 1.29 is 19.1 Å². The molecule has 1 amide bonds. The lowest BCUT2D eigenvalue weighted by molar-refractivity contribution is -0.113. The maximum atomic E-state index is 12.8. The smallest absolute Gasteiger partial charge is 0.341 e. The highest BCUT2D eigenvalue weighted by molar-refractivity contribution is 7.99. The highest BCUT2D eigenvalue weighted by Gasteiger charge is 2.28. The molecule has 0 radical (unpaired) electrons. The van der Waals surface area contributed by atoms with Gasteiger partial charge in [-0.25, -0.2) is 4.79 Å². The Hall–Kier alpha value is -2.85. The molecule has 1 N–H and O–H groups in total. The Bertz CT molecular complexity index is 1190. The number of aromatic nitrogens is 3. The van der Waals surface area contributed by atoms with E-state index in [1.807, 2.05) is 42.7 Å².